The zero-order valence-electron chi connectivity index (χ0n) is 9.32. The number of hydrogen-bond acceptors (Lipinski definition) is 4. The fraction of sp³-hybridized carbons (Fsp3) is 0.417. The first-order valence-corrected chi connectivity index (χ1v) is 5.40. The number of nitrogens with two attached hydrogens (primary N) is 2. The molecule has 0 spiro atoms. The van der Waals surface area contributed by atoms with E-state index in [1.807, 2.05) is 6.92 Å². The summed E-state index contributed by atoms with van der Waals surface area (Å²) in [4.78, 5) is 11.7. The maximum Gasteiger partial charge on any atom is 0.340 e. The quantitative estimate of drug-likeness (QED) is 0.600. The van der Waals surface area contributed by atoms with Crippen LogP contribution in [0.3, 0.4) is 0 Å². The van der Waals surface area contributed by atoms with Gasteiger partial charge >= 0.3 is 5.97 Å². The summed E-state index contributed by atoms with van der Waals surface area (Å²) in [6, 6.07) is 3.45. The number of aryl methyl sites for hydroxylation is 1. The molecule has 1 aromatic carbocycles. The lowest BCUT2D eigenvalue weighted by atomic mass is 10.1. The molecule has 1 aliphatic carbocycles. The molecule has 4 nitrogen and oxygen atoms in total. The lowest BCUT2D eigenvalue weighted by Gasteiger charge is -2.09. The summed E-state index contributed by atoms with van der Waals surface area (Å²) >= 11 is 0. The third kappa shape index (κ3) is 2.27. The molecular formula is C12H16N2O2. The van der Waals surface area contributed by atoms with E-state index in [1.165, 1.54) is 0 Å². The van der Waals surface area contributed by atoms with E-state index in [9.17, 15) is 4.79 Å². The SMILES string of the molecule is Cc1cc(N)c(N)c(C(=O)OCC2CC2)c1. The topological polar surface area (TPSA) is 78.3 Å². The van der Waals surface area contributed by atoms with Gasteiger partial charge in [0.05, 0.1) is 23.5 Å². The highest BCUT2D eigenvalue weighted by molar-refractivity contribution is 5.98. The third-order valence-electron chi connectivity index (χ3n) is 2.72. The second-order valence-electron chi connectivity index (χ2n) is 4.36. The fourth-order valence-electron chi connectivity index (χ4n) is 1.55. The molecule has 0 aromatic heterocycles. The lowest BCUT2D eigenvalue weighted by Crippen LogP contribution is -2.11. The fourth-order valence-corrected chi connectivity index (χ4v) is 1.55. The Morgan fingerprint density at radius 2 is 2.12 bits per heavy atom. The maximum absolute atomic E-state index is 11.7. The van der Waals surface area contributed by atoms with Crippen LogP contribution in [-0.2, 0) is 4.74 Å². The van der Waals surface area contributed by atoms with Crippen molar-refractivity contribution in [3.63, 3.8) is 0 Å². The Kier molecular flexibility index (Phi) is 2.73. The molecule has 2 rings (SSSR count). The van der Waals surface area contributed by atoms with Crippen LogP contribution in [0.5, 0.6) is 0 Å². The number of nitrogen functional groups attached to an aromatic ring is 2. The van der Waals surface area contributed by atoms with Crippen molar-refractivity contribution in [1.82, 2.24) is 0 Å². The van der Waals surface area contributed by atoms with E-state index in [4.69, 9.17) is 16.2 Å². The van der Waals surface area contributed by atoms with Crippen molar-refractivity contribution < 1.29 is 9.53 Å². The van der Waals surface area contributed by atoms with Crippen molar-refractivity contribution >= 4 is 17.3 Å². The number of hydrogen-bond donors (Lipinski definition) is 2. The molecule has 0 bridgehead atoms. The first-order valence-electron chi connectivity index (χ1n) is 5.40. The van der Waals surface area contributed by atoms with Crippen molar-refractivity contribution in [2.75, 3.05) is 18.1 Å². The molecular weight excluding hydrogens is 204 g/mol. The maximum atomic E-state index is 11.7. The Morgan fingerprint density at radius 1 is 1.44 bits per heavy atom. The van der Waals surface area contributed by atoms with E-state index in [2.05, 4.69) is 0 Å². The highest BCUT2D eigenvalue weighted by Crippen LogP contribution is 2.30. The largest absolute Gasteiger partial charge is 0.462 e. The summed E-state index contributed by atoms with van der Waals surface area (Å²) in [5, 5.41) is 0. The van der Waals surface area contributed by atoms with Gasteiger partial charge in [-0.3, -0.25) is 0 Å². The number of anilines is 2. The minimum atomic E-state index is -0.375. The molecule has 4 N–H and O–H groups in total. The summed E-state index contributed by atoms with van der Waals surface area (Å²) in [6.07, 6.45) is 2.30. The predicted octanol–water partition coefficient (Wildman–Crippen LogP) is 1.73. The minimum Gasteiger partial charge on any atom is -0.462 e. The van der Waals surface area contributed by atoms with Gasteiger partial charge in [0.2, 0.25) is 0 Å². The van der Waals surface area contributed by atoms with Gasteiger partial charge in [-0.05, 0) is 43.4 Å². The number of ether oxygens (including phenoxy) is 1. The first kappa shape index (κ1) is 10.8. The van der Waals surface area contributed by atoms with Gasteiger partial charge < -0.3 is 16.2 Å². The van der Waals surface area contributed by atoms with E-state index in [-0.39, 0.29) is 5.97 Å². The summed E-state index contributed by atoms with van der Waals surface area (Å²) in [5.41, 5.74) is 13.5. The van der Waals surface area contributed by atoms with Crippen LogP contribution in [-0.4, -0.2) is 12.6 Å². The molecule has 16 heavy (non-hydrogen) atoms. The highest BCUT2D eigenvalue weighted by atomic mass is 16.5. The lowest BCUT2D eigenvalue weighted by molar-refractivity contribution is 0.0487. The van der Waals surface area contributed by atoms with Gasteiger partial charge in [0, 0.05) is 0 Å². The van der Waals surface area contributed by atoms with E-state index in [0.29, 0.717) is 29.5 Å². The van der Waals surface area contributed by atoms with Crippen LogP contribution in [0, 0.1) is 12.8 Å². The van der Waals surface area contributed by atoms with Gasteiger partial charge in [-0.15, -0.1) is 0 Å². The molecule has 0 heterocycles. The normalized spacial score (nSPS) is 14.8. The zero-order valence-corrected chi connectivity index (χ0v) is 9.32. The van der Waals surface area contributed by atoms with Crippen molar-refractivity contribution in [2.24, 2.45) is 5.92 Å². The van der Waals surface area contributed by atoms with Crippen molar-refractivity contribution in [1.29, 1.82) is 0 Å². The Labute approximate surface area is 94.6 Å². The van der Waals surface area contributed by atoms with Crippen molar-refractivity contribution in [3.8, 4) is 0 Å². The van der Waals surface area contributed by atoms with Crippen LogP contribution in [0.15, 0.2) is 12.1 Å². The van der Waals surface area contributed by atoms with Gasteiger partial charge in [0.15, 0.2) is 0 Å². The number of carbonyl (C=O) groups excluding carboxylic acids is 1. The van der Waals surface area contributed by atoms with Crippen molar-refractivity contribution in [2.45, 2.75) is 19.8 Å². The van der Waals surface area contributed by atoms with Gasteiger partial charge in [0.25, 0.3) is 0 Å². The van der Waals surface area contributed by atoms with E-state index in [1.54, 1.807) is 12.1 Å². The van der Waals surface area contributed by atoms with E-state index in [0.717, 1.165) is 18.4 Å². The number of carbonyl (C=O) groups is 1. The predicted molar refractivity (Wildman–Crippen MR) is 63.0 cm³/mol. The van der Waals surface area contributed by atoms with Crippen LogP contribution < -0.4 is 11.5 Å². The summed E-state index contributed by atoms with van der Waals surface area (Å²) in [5.74, 6) is 0.173. The summed E-state index contributed by atoms with van der Waals surface area (Å²) in [6.45, 7) is 2.36. The molecule has 0 saturated heterocycles. The molecule has 0 amide bonds. The average Bonchev–Trinajstić information content (AvgIpc) is 3.03. The molecule has 0 radical (unpaired) electrons. The van der Waals surface area contributed by atoms with Crippen LogP contribution in [0.4, 0.5) is 11.4 Å². The smallest absolute Gasteiger partial charge is 0.340 e. The zero-order chi connectivity index (χ0) is 11.7. The molecule has 1 aromatic rings. The third-order valence-corrected chi connectivity index (χ3v) is 2.72. The minimum absolute atomic E-state index is 0.311. The molecule has 86 valence electrons. The van der Waals surface area contributed by atoms with Gasteiger partial charge in [0.1, 0.15) is 0 Å². The summed E-state index contributed by atoms with van der Waals surface area (Å²) in [7, 11) is 0. The number of benzene rings is 1. The molecule has 1 fully saturated rings. The van der Waals surface area contributed by atoms with Crippen molar-refractivity contribution in [3.05, 3.63) is 23.3 Å². The van der Waals surface area contributed by atoms with Crippen LogP contribution >= 0.6 is 0 Å². The molecule has 0 atom stereocenters. The molecule has 4 heteroatoms. The first-order chi connectivity index (χ1) is 7.58. The Bertz CT molecular complexity index is 425. The standard InChI is InChI=1S/C12H16N2O2/c1-7-4-9(11(14)10(13)5-7)12(15)16-6-8-2-3-8/h4-5,8H,2-3,6,13-14H2,1H3. The molecule has 1 aliphatic rings. The average molecular weight is 220 g/mol. The molecule has 0 unspecified atom stereocenters. The van der Waals surface area contributed by atoms with Crippen LogP contribution in [0.25, 0.3) is 0 Å². The van der Waals surface area contributed by atoms with Gasteiger partial charge in [-0.25, -0.2) is 4.79 Å². The van der Waals surface area contributed by atoms with E-state index < -0.39 is 0 Å². The highest BCUT2D eigenvalue weighted by Gasteiger charge is 2.24. The second-order valence-corrected chi connectivity index (χ2v) is 4.36. The van der Waals surface area contributed by atoms with Gasteiger partial charge in [-0.2, -0.15) is 0 Å². The Morgan fingerprint density at radius 3 is 2.75 bits per heavy atom. The van der Waals surface area contributed by atoms with Crippen LogP contribution in [0.2, 0.25) is 0 Å². The number of esters is 1. The second kappa shape index (κ2) is 4.04. The summed E-state index contributed by atoms with van der Waals surface area (Å²) < 4.78 is 5.17. The molecule has 0 aliphatic heterocycles. The number of rotatable bonds is 3. The molecule has 1 saturated carbocycles. The van der Waals surface area contributed by atoms with Gasteiger partial charge in [-0.1, -0.05) is 0 Å². The van der Waals surface area contributed by atoms with E-state index >= 15 is 0 Å². The van der Waals surface area contributed by atoms with Crippen LogP contribution in [0.1, 0.15) is 28.8 Å². The monoisotopic (exact) mass is 220 g/mol. The Hall–Kier alpha value is -1.71. The Balaban J connectivity index is 2.14.